The van der Waals surface area contributed by atoms with E-state index in [0.29, 0.717) is 0 Å². The van der Waals surface area contributed by atoms with Crippen LogP contribution >= 0.6 is 34.4 Å². The van der Waals surface area contributed by atoms with Crippen LogP contribution in [0.5, 0.6) is 0 Å². The molecule has 0 unspecified atom stereocenters. The zero-order valence-electron chi connectivity index (χ0n) is 5.40. The second kappa shape index (κ2) is 3.57. The van der Waals surface area contributed by atoms with Gasteiger partial charge in [-0.25, -0.2) is 4.39 Å². The van der Waals surface area contributed by atoms with E-state index in [-0.39, 0.29) is 5.82 Å². The maximum Gasteiger partial charge on any atom is 0.137 e. The van der Waals surface area contributed by atoms with Crippen LogP contribution in [0, 0.1) is 9.39 Å². The van der Waals surface area contributed by atoms with Crippen LogP contribution in [0.15, 0.2) is 23.1 Å². The van der Waals surface area contributed by atoms with Gasteiger partial charge >= 0.3 is 0 Å². The topological polar surface area (TPSA) is 0 Å². The summed E-state index contributed by atoms with van der Waals surface area (Å²) in [5.74, 6) is -0.126. The average Bonchev–Trinajstić information content (AvgIpc) is 1.88. The van der Waals surface area contributed by atoms with Crippen LogP contribution in [0.3, 0.4) is 0 Å². The molecule has 0 atom stereocenters. The summed E-state index contributed by atoms with van der Waals surface area (Å²) in [6.45, 7) is 0. The second-order valence-corrected chi connectivity index (χ2v) is 3.73. The Hall–Kier alpha value is 0.230. The number of benzene rings is 1. The van der Waals surface area contributed by atoms with Gasteiger partial charge in [0.15, 0.2) is 0 Å². The smallest absolute Gasteiger partial charge is 0.137 e. The average molecular weight is 268 g/mol. The molecule has 0 amide bonds. The van der Waals surface area contributed by atoms with Crippen molar-refractivity contribution in [3.8, 4) is 0 Å². The Morgan fingerprint density at radius 3 is 2.60 bits per heavy atom. The number of halogens is 2. The molecule has 0 heterocycles. The molecule has 0 saturated carbocycles. The Bertz CT molecular complexity index is 217. The largest absolute Gasteiger partial charge is 0.206 e. The highest BCUT2D eigenvalue weighted by Gasteiger charge is 2.02. The number of thioether (sulfide) groups is 1. The quantitative estimate of drug-likeness (QED) is 0.557. The predicted octanol–water partition coefficient (Wildman–Crippen LogP) is 3.15. The molecule has 0 fully saturated rings. The Morgan fingerprint density at radius 1 is 1.50 bits per heavy atom. The monoisotopic (exact) mass is 268 g/mol. The molecule has 0 bridgehead atoms. The van der Waals surface area contributed by atoms with Gasteiger partial charge in [0, 0.05) is 3.57 Å². The van der Waals surface area contributed by atoms with Crippen LogP contribution in [0.4, 0.5) is 4.39 Å². The van der Waals surface area contributed by atoms with Crippen molar-refractivity contribution in [2.45, 2.75) is 4.90 Å². The molecule has 0 aromatic heterocycles. The van der Waals surface area contributed by atoms with Gasteiger partial charge in [0.1, 0.15) is 5.82 Å². The van der Waals surface area contributed by atoms with Gasteiger partial charge in [0.25, 0.3) is 0 Å². The fourth-order valence-corrected chi connectivity index (χ4v) is 2.33. The molecule has 1 rings (SSSR count). The van der Waals surface area contributed by atoms with Crippen molar-refractivity contribution in [2.75, 3.05) is 6.26 Å². The number of rotatable bonds is 1. The van der Waals surface area contributed by atoms with Crippen LogP contribution < -0.4 is 0 Å². The van der Waals surface area contributed by atoms with Crippen molar-refractivity contribution in [2.24, 2.45) is 0 Å². The lowest BCUT2D eigenvalue weighted by Crippen LogP contribution is -1.82. The molecular weight excluding hydrogens is 262 g/mol. The van der Waals surface area contributed by atoms with E-state index in [4.69, 9.17) is 0 Å². The highest BCUT2D eigenvalue weighted by atomic mass is 127. The summed E-state index contributed by atoms with van der Waals surface area (Å²) in [5.41, 5.74) is 0. The van der Waals surface area contributed by atoms with Crippen LogP contribution in [0.2, 0.25) is 0 Å². The lowest BCUT2D eigenvalue weighted by molar-refractivity contribution is 0.600. The van der Waals surface area contributed by atoms with Gasteiger partial charge in [0.2, 0.25) is 0 Å². The molecule has 0 radical (unpaired) electrons. The fourth-order valence-electron chi connectivity index (χ4n) is 0.678. The van der Waals surface area contributed by atoms with Gasteiger partial charge in [-0.1, -0.05) is 6.07 Å². The van der Waals surface area contributed by atoms with E-state index in [1.165, 1.54) is 17.8 Å². The van der Waals surface area contributed by atoms with E-state index < -0.39 is 0 Å². The summed E-state index contributed by atoms with van der Waals surface area (Å²) in [7, 11) is 0. The summed E-state index contributed by atoms with van der Waals surface area (Å²) in [6, 6.07) is 5.10. The Kier molecular flexibility index (Phi) is 2.97. The highest BCUT2D eigenvalue weighted by Crippen LogP contribution is 2.24. The SMILES string of the molecule is CSc1c(F)cccc1I. The molecule has 3 heteroatoms. The minimum Gasteiger partial charge on any atom is -0.206 e. The van der Waals surface area contributed by atoms with E-state index in [0.717, 1.165) is 8.47 Å². The lowest BCUT2D eigenvalue weighted by Gasteiger charge is -1.99. The maximum atomic E-state index is 12.8. The zero-order valence-corrected chi connectivity index (χ0v) is 8.37. The van der Waals surface area contributed by atoms with E-state index in [9.17, 15) is 4.39 Å². The predicted molar refractivity (Wildman–Crippen MR) is 50.9 cm³/mol. The summed E-state index contributed by atoms with van der Waals surface area (Å²) < 4.78 is 13.8. The molecule has 0 aliphatic carbocycles. The van der Waals surface area contributed by atoms with Crippen molar-refractivity contribution in [1.29, 1.82) is 0 Å². The molecule has 0 aliphatic heterocycles. The minimum atomic E-state index is -0.126. The van der Waals surface area contributed by atoms with Crippen molar-refractivity contribution in [3.63, 3.8) is 0 Å². The Labute approximate surface area is 77.3 Å². The van der Waals surface area contributed by atoms with Crippen LogP contribution in [-0.2, 0) is 0 Å². The minimum absolute atomic E-state index is 0.126. The van der Waals surface area contributed by atoms with E-state index >= 15 is 0 Å². The maximum absolute atomic E-state index is 12.8. The molecule has 1 aromatic carbocycles. The van der Waals surface area contributed by atoms with Gasteiger partial charge in [-0.3, -0.25) is 0 Å². The third-order valence-corrected chi connectivity index (χ3v) is 3.21. The number of hydrogen-bond acceptors (Lipinski definition) is 1. The summed E-state index contributed by atoms with van der Waals surface area (Å²) in [5, 5.41) is 0. The fraction of sp³-hybridized carbons (Fsp3) is 0.143. The van der Waals surface area contributed by atoms with Gasteiger partial charge in [-0.2, -0.15) is 0 Å². The van der Waals surface area contributed by atoms with E-state index in [1.807, 2.05) is 12.3 Å². The van der Waals surface area contributed by atoms with E-state index in [1.54, 1.807) is 6.07 Å². The molecule has 0 aliphatic rings. The first-order chi connectivity index (χ1) is 4.75. The van der Waals surface area contributed by atoms with Crippen molar-refractivity contribution in [1.82, 2.24) is 0 Å². The summed E-state index contributed by atoms with van der Waals surface area (Å²) >= 11 is 3.56. The Morgan fingerprint density at radius 2 is 2.20 bits per heavy atom. The van der Waals surface area contributed by atoms with E-state index in [2.05, 4.69) is 22.6 Å². The molecule has 0 spiro atoms. The van der Waals surface area contributed by atoms with Crippen molar-refractivity contribution < 1.29 is 4.39 Å². The molecule has 0 nitrogen and oxygen atoms in total. The molecule has 54 valence electrons. The van der Waals surface area contributed by atoms with Gasteiger partial charge in [-0.15, -0.1) is 11.8 Å². The second-order valence-electron chi connectivity index (χ2n) is 1.75. The molecule has 0 N–H and O–H groups in total. The Balaban J connectivity index is 3.17. The molecule has 1 aromatic rings. The molecule has 10 heavy (non-hydrogen) atoms. The first-order valence-electron chi connectivity index (χ1n) is 2.73. The highest BCUT2D eigenvalue weighted by molar-refractivity contribution is 14.1. The van der Waals surface area contributed by atoms with Crippen LogP contribution in [-0.4, -0.2) is 6.26 Å². The third-order valence-electron chi connectivity index (χ3n) is 1.12. The zero-order chi connectivity index (χ0) is 7.56. The van der Waals surface area contributed by atoms with Crippen molar-refractivity contribution >= 4 is 34.4 Å². The standard InChI is InChI=1S/C7H6FIS/c1-10-7-5(8)3-2-4-6(7)9/h2-4H,1H3. The first-order valence-corrected chi connectivity index (χ1v) is 5.04. The first kappa shape index (κ1) is 8.33. The molecule has 0 saturated heterocycles. The lowest BCUT2D eigenvalue weighted by atomic mass is 10.3. The van der Waals surface area contributed by atoms with Gasteiger partial charge < -0.3 is 0 Å². The number of hydrogen-bond donors (Lipinski definition) is 0. The van der Waals surface area contributed by atoms with Gasteiger partial charge in [0.05, 0.1) is 4.90 Å². The van der Waals surface area contributed by atoms with Crippen LogP contribution in [0.1, 0.15) is 0 Å². The third kappa shape index (κ3) is 1.63. The van der Waals surface area contributed by atoms with Crippen LogP contribution in [0.25, 0.3) is 0 Å². The summed E-state index contributed by atoms with van der Waals surface area (Å²) in [6.07, 6.45) is 1.88. The van der Waals surface area contributed by atoms with Gasteiger partial charge in [-0.05, 0) is 41.0 Å². The normalized spacial score (nSPS) is 9.90. The molecular formula is C7H6FIS. The van der Waals surface area contributed by atoms with Crippen molar-refractivity contribution in [3.05, 3.63) is 27.6 Å². The summed E-state index contributed by atoms with van der Waals surface area (Å²) in [4.78, 5) is 0.739.